The number of amides is 1. The highest BCUT2D eigenvalue weighted by Gasteiger charge is 2.15. The van der Waals surface area contributed by atoms with Crippen LogP contribution in [-0.4, -0.2) is 18.2 Å². The van der Waals surface area contributed by atoms with Crippen LogP contribution in [0, 0.1) is 17.5 Å². The number of anilines is 1. The Kier molecular flexibility index (Phi) is 4.92. The molecule has 3 rings (SSSR count). The predicted molar refractivity (Wildman–Crippen MR) is 89.3 cm³/mol. The minimum absolute atomic E-state index is 0.396. The van der Waals surface area contributed by atoms with Gasteiger partial charge < -0.3 is 14.6 Å². The van der Waals surface area contributed by atoms with Crippen LogP contribution in [0.1, 0.15) is 12.7 Å². The fraction of sp³-hybridized carbons (Fsp3) is 0.111. The number of halogens is 3. The third-order valence-electron chi connectivity index (χ3n) is 3.49. The normalized spacial score (nSPS) is 11.6. The second-order valence-electron chi connectivity index (χ2n) is 5.37. The van der Waals surface area contributed by atoms with Crippen molar-refractivity contribution in [3.8, 4) is 0 Å². The van der Waals surface area contributed by atoms with Crippen molar-refractivity contribution in [1.82, 2.24) is 0 Å². The number of nitrogens with one attached hydrogen (secondary N) is 1. The van der Waals surface area contributed by atoms with Crippen LogP contribution in [0.25, 0.3) is 11.0 Å². The molecular weight excluding hydrogens is 349 g/mol. The Morgan fingerprint density at radius 1 is 1.15 bits per heavy atom. The van der Waals surface area contributed by atoms with E-state index in [4.69, 9.17) is 9.25 Å². The Balaban J connectivity index is 1.60. The summed E-state index contributed by atoms with van der Waals surface area (Å²) in [5.41, 5.74) is 0.590. The molecule has 0 bridgehead atoms. The van der Waals surface area contributed by atoms with Crippen molar-refractivity contribution in [2.75, 3.05) is 11.9 Å². The van der Waals surface area contributed by atoms with E-state index in [9.17, 15) is 18.0 Å². The van der Waals surface area contributed by atoms with E-state index in [1.54, 1.807) is 19.1 Å². The van der Waals surface area contributed by atoms with Crippen LogP contribution >= 0.6 is 0 Å². The largest absolute Gasteiger partial charge is 0.455 e. The summed E-state index contributed by atoms with van der Waals surface area (Å²) >= 11 is 0. The van der Waals surface area contributed by atoms with E-state index in [0.29, 0.717) is 23.1 Å². The smallest absolute Gasteiger partial charge is 0.265 e. The molecule has 0 radical (unpaired) electrons. The predicted octanol–water partition coefficient (Wildman–Crippen LogP) is 4.23. The summed E-state index contributed by atoms with van der Waals surface area (Å²) in [5.74, 6) is -4.81. The molecule has 3 aromatic rings. The first-order valence-corrected chi connectivity index (χ1v) is 7.54. The SMILES string of the molecule is C/C(=N/OCC(=O)Nc1ccc(F)c(F)c1F)c1cc2ccccc2o1. The van der Waals surface area contributed by atoms with E-state index in [1.807, 2.05) is 18.2 Å². The molecule has 0 fully saturated rings. The molecule has 0 saturated carbocycles. The van der Waals surface area contributed by atoms with E-state index in [2.05, 4.69) is 10.5 Å². The molecule has 8 heteroatoms. The number of hydrogen-bond acceptors (Lipinski definition) is 4. The van der Waals surface area contributed by atoms with E-state index in [-0.39, 0.29) is 0 Å². The van der Waals surface area contributed by atoms with Crippen LogP contribution in [0.5, 0.6) is 0 Å². The molecule has 1 heterocycles. The first kappa shape index (κ1) is 17.5. The van der Waals surface area contributed by atoms with Gasteiger partial charge in [0.2, 0.25) is 0 Å². The van der Waals surface area contributed by atoms with Crippen LogP contribution in [0.15, 0.2) is 52.0 Å². The first-order valence-electron chi connectivity index (χ1n) is 7.54. The number of carbonyl (C=O) groups excluding carboxylic acids is 1. The third kappa shape index (κ3) is 3.69. The van der Waals surface area contributed by atoms with Crippen molar-refractivity contribution in [3.05, 3.63) is 65.7 Å². The van der Waals surface area contributed by atoms with Crippen molar-refractivity contribution in [2.45, 2.75) is 6.92 Å². The second-order valence-corrected chi connectivity index (χ2v) is 5.37. The van der Waals surface area contributed by atoms with Gasteiger partial charge in [-0.25, -0.2) is 13.2 Å². The van der Waals surface area contributed by atoms with Gasteiger partial charge in [0.05, 0.1) is 5.69 Å². The fourth-order valence-electron chi connectivity index (χ4n) is 2.20. The number of benzene rings is 2. The Morgan fingerprint density at radius 3 is 2.69 bits per heavy atom. The summed E-state index contributed by atoms with van der Waals surface area (Å²) in [6.07, 6.45) is 0. The van der Waals surface area contributed by atoms with E-state index >= 15 is 0 Å². The lowest BCUT2D eigenvalue weighted by Gasteiger charge is -2.06. The van der Waals surface area contributed by atoms with Gasteiger partial charge in [-0.2, -0.15) is 0 Å². The molecule has 0 aliphatic rings. The monoisotopic (exact) mass is 362 g/mol. The Morgan fingerprint density at radius 2 is 1.92 bits per heavy atom. The average molecular weight is 362 g/mol. The molecule has 0 aliphatic heterocycles. The summed E-state index contributed by atoms with van der Waals surface area (Å²) < 4.78 is 45.0. The number of rotatable bonds is 5. The zero-order valence-corrected chi connectivity index (χ0v) is 13.6. The van der Waals surface area contributed by atoms with Crippen LogP contribution < -0.4 is 5.32 Å². The minimum atomic E-state index is -1.66. The molecule has 26 heavy (non-hydrogen) atoms. The molecule has 0 saturated heterocycles. The Bertz CT molecular complexity index is 966. The Hall–Kier alpha value is -3.29. The highest BCUT2D eigenvalue weighted by molar-refractivity contribution is 5.99. The van der Waals surface area contributed by atoms with Crippen molar-refractivity contribution in [2.24, 2.45) is 5.16 Å². The molecule has 1 N–H and O–H groups in total. The van der Waals surface area contributed by atoms with E-state index in [0.717, 1.165) is 11.5 Å². The zero-order chi connectivity index (χ0) is 18.7. The zero-order valence-electron chi connectivity index (χ0n) is 13.6. The maximum atomic E-state index is 13.5. The molecule has 1 amide bonds. The quantitative estimate of drug-likeness (QED) is 0.420. The number of hydrogen-bond donors (Lipinski definition) is 1. The summed E-state index contributed by atoms with van der Waals surface area (Å²) in [6, 6.07) is 10.8. The van der Waals surface area contributed by atoms with Gasteiger partial charge in [-0.05, 0) is 31.2 Å². The van der Waals surface area contributed by atoms with Crippen molar-refractivity contribution in [3.63, 3.8) is 0 Å². The third-order valence-corrected chi connectivity index (χ3v) is 3.49. The number of oxime groups is 1. The lowest BCUT2D eigenvalue weighted by atomic mass is 10.2. The van der Waals surface area contributed by atoms with Gasteiger partial charge in [0.25, 0.3) is 5.91 Å². The van der Waals surface area contributed by atoms with Crippen LogP contribution in [0.2, 0.25) is 0 Å². The maximum absolute atomic E-state index is 13.5. The van der Waals surface area contributed by atoms with Gasteiger partial charge in [-0.3, -0.25) is 4.79 Å². The van der Waals surface area contributed by atoms with Crippen molar-refractivity contribution in [1.29, 1.82) is 0 Å². The van der Waals surface area contributed by atoms with Crippen molar-refractivity contribution < 1.29 is 27.2 Å². The van der Waals surface area contributed by atoms with Crippen LogP contribution in [0.4, 0.5) is 18.9 Å². The van der Waals surface area contributed by atoms with Gasteiger partial charge >= 0.3 is 0 Å². The van der Waals surface area contributed by atoms with E-state index in [1.165, 1.54) is 0 Å². The molecule has 0 spiro atoms. The van der Waals surface area contributed by atoms with Gasteiger partial charge in [-0.15, -0.1) is 0 Å². The molecule has 0 unspecified atom stereocenters. The van der Waals surface area contributed by atoms with Gasteiger partial charge in [0.15, 0.2) is 29.8 Å². The minimum Gasteiger partial charge on any atom is -0.455 e. The highest BCUT2D eigenvalue weighted by atomic mass is 19.2. The van der Waals surface area contributed by atoms with Gasteiger partial charge in [0, 0.05) is 5.39 Å². The van der Waals surface area contributed by atoms with Gasteiger partial charge in [0.1, 0.15) is 11.3 Å². The summed E-state index contributed by atoms with van der Waals surface area (Å²) in [6.45, 7) is 1.08. The molecule has 0 aliphatic carbocycles. The average Bonchev–Trinajstić information content (AvgIpc) is 3.06. The standard InChI is InChI=1S/C18H13F3N2O3/c1-10(15-8-11-4-2-3-5-14(11)26-15)23-25-9-16(24)22-13-7-6-12(19)17(20)18(13)21/h2-8H,9H2,1H3,(H,22,24)/b23-10-. The van der Waals surface area contributed by atoms with Crippen LogP contribution in [-0.2, 0) is 9.63 Å². The fourth-order valence-corrected chi connectivity index (χ4v) is 2.20. The lowest BCUT2D eigenvalue weighted by Crippen LogP contribution is -2.18. The van der Waals surface area contributed by atoms with Crippen LogP contribution in [0.3, 0.4) is 0 Å². The number of furan rings is 1. The summed E-state index contributed by atoms with van der Waals surface area (Å²) in [4.78, 5) is 16.6. The summed E-state index contributed by atoms with van der Waals surface area (Å²) in [5, 5.41) is 6.73. The molecule has 2 aromatic carbocycles. The lowest BCUT2D eigenvalue weighted by molar-refractivity contribution is -0.120. The Labute approximate surface area is 146 Å². The molecule has 134 valence electrons. The highest BCUT2D eigenvalue weighted by Crippen LogP contribution is 2.20. The molecular formula is C18H13F3N2O3. The maximum Gasteiger partial charge on any atom is 0.265 e. The molecule has 5 nitrogen and oxygen atoms in total. The molecule has 1 aromatic heterocycles. The number of nitrogens with zero attached hydrogens (tertiary/aromatic N) is 1. The number of carbonyl (C=O) groups is 1. The number of fused-ring (bicyclic) bond motifs is 1. The topological polar surface area (TPSA) is 63.8 Å². The number of para-hydroxylation sites is 1. The van der Waals surface area contributed by atoms with Gasteiger partial charge in [-0.1, -0.05) is 23.4 Å². The van der Waals surface area contributed by atoms with Crippen molar-refractivity contribution >= 4 is 28.3 Å². The molecule has 0 atom stereocenters. The van der Waals surface area contributed by atoms with E-state index < -0.39 is 35.7 Å². The first-order chi connectivity index (χ1) is 12.5. The second kappa shape index (κ2) is 7.30. The summed E-state index contributed by atoms with van der Waals surface area (Å²) in [7, 11) is 0.